The lowest BCUT2D eigenvalue weighted by molar-refractivity contribution is 0.0697. The molecular formula is C14H9N3O5. The molecule has 0 aromatic heterocycles. The summed E-state index contributed by atoms with van der Waals surface area (Å²) in [5, 5.41) is 53.5. The van der Waals surface area contributed by atoms with Crippen molar-refractivity contribution in [3.8, 4) is 23.3 Å². The number of azo groups is 1. The van der Waals surface area contributed by atoms with Crippen LogP contribution >= 0.6 is 0 Å². The van der Waals surface area contributed by atoms with Gasteiger partial charge in [0, 0.05) is 6.07 Å². The van der Waals surface area contributed by atoms with E-state index in [-0.39, 0.29) is 0 Å². The number of phenols is 3. The third-order valence-corrected chi connectivity index (χ3v) is 2.72. The number of phenolic OH excluding ortho intramolecular Hbond substituents is 3. The zero-order valence-corrected chi connectivity index (χ0v) is 10.9. The Kier molecular flexibility index (Phi) is 3.90. The van der Waals surface area contributed by atoms with Gasteiger partial charge in [-0.15, -0.1) is 5.11 Å². The van der Waals surface area contributed by atoms with Crippen molar-refractivity contribution in [1.82, 2.24) is 0 Å². The first kappa shape index (κ1) is 14.8. The molecule has 0 radical (unpaired) electrons. The first-order valence-corrected chi connectivity index (χ1v) is 5.87. The molecule has 110 valence electrons. The Balaban J connectivity index is 2.47. The highest BCUT2D eigenvalue weighted by molar-refractivity contribution is 5.96. The number of hydrogen-bond donors (Lipinski definition) is 4. The molecule has 0 aliphatic heterocycles. The SMILES string of the molecule is N#Cc1ccc(/N=N/c2c(C(=O)O)cc(O)c(O)c2O)cc1. The maximum atomic E-state index is 11.1. The van der Waals surface area contributed by atoms with E-state index in [9.17, 15) is 20.1 Å². The molecule has 0 saturated carbocycles. The first-order chi connectivity index (χ1) is 10.4. The second-order valence-electron chi connectivity index (χ2n) is 4.15. The van der Waals surface area contributed by atoms with Gasteiger partial charge in [-0.05, 0) is 24.3 Å². The molecule has 4 N–H and O–H groups in total. The van der Waals surface area contributed by atoms with Crippen LogP contribution < -0.4 is 0 Å². The van der Waals surface area contributed by atoms with Gasteiger partial charge in [0.1, 0.15) is 5.69 Å². The molecule has 0 fully saturated rings. The molecule has 0 spiro atoms. The topological polar surface area (TPSA) is 146 Å². The van der Waals surface area contributed by atoms with Crippen molar-refractivity contribution in [2.45, 2.75) is 0 Å². The number of aromatic carboxylic acids is 1. The number of nitrogens with zero attached hydrogens (tertiary/aromatic N) is 3. The Hall–Kier alpha value is -3.60. The zero-order valence-electron chi connectivity index (χ0n) is 10.9. The van der Waals surface area contributed by atoms with Crippen molar-refractivity contribution in [2.24, 2.45) is 10.2 Å². The number of aromatic hydroxyl groups is 3. The van der Waals surface area contributed by atoms with Crippen LogP contribution in [0.5, 0.6) is 17.2 Å². The van der Waals surface area contributed by atoms with Crippen molar-refractivity contribution >= 4 is 17.3 Å². The lowest BCUT2D eigenvalue weighted by atomic mass is 10.1. The molecule has 0 saturated heterocycles. The number of nitriles is 1. The van der Waals surface area contributed by atoms with E-state index < -0.39 is 34.5 Å². The summed E-state index contributed by atoms with van der Waals surface area (Å²) < 4.78 is 0. The largest absolute Gasteiger partial charge is 0.504 e. The normalized spacial score (nSPS) is 10.5. The fourth-order valence-corrected chi connectivity index (χ4v) is 1.61. The fourth-order valence-electron chi connectivity index (χ4n) is 1.61. The Bertz CT molecular complexity index is 807. The molecule has 0 amide bonds. The van der Waals surface area contributed by atoms with Gasteiger partial charge in [-0.2, -0.15) is 10.4 Å². The second-order valence-corrected chi connectivity index (χ2v) is 4.15. The number of benzene rings is 2. The molecule has 8 nitrogen and oxygen atoms in total. The van der Waals surface area contributed by atoms with Crippen molar-refractivity contribution < 1.29 is 25.2 Å². The van der Waals surface area contributed by atoms with E-state index in [1.165, 1.54) is 24.3 Å². The van der Waals surface area contributed by atoms with Crippen LogP contribution in [0.2, 0.25) is 0 Å². The van der Waals surface area contributed by atoms with E-state index in [0.717, 1.165) is 6.07 Å². The Morgan fingerprint density at radius 2 is 1.68 bits per heavy atom. The first-order valence-electron chi connectivity index (χ1n) is 5.87. The third kappa shape index (κ3) is 2.78. The number of carboxylic acid groups (broad SMARTS) is 1. The van der Waals surface area contributed by atoms with Crippen LogP contribution in [-0.4, -0.2) is 26.4 Å². The van der Waals surface area contributed by atoms with Crippen LogP contribution in [0.4, 0.5) is 11.4 Å². The van der Waals surface area contributed by atoms with Crippen molar-refractivity contribution in [3.63, 3.8) is 0 Å². The van der Waals surface area contributed by atoms with Crippen LogP contribution in [0.25, 0.3) is 0 Å². The monoisotopic (exact) mass is 299 g/mol. The van der Waals surface area contributed by atoms with Gasteiger partial charge in [-0.3, -0.25) is 0 Å². The van der Waals surface area contributed by atoms with Crippen molar-refractivity contribution in [2.75, 3.05) is 0 Å². The number of carboxylic acids is 1. The van der Waals surface area contributed by atoms with Crippen LogP contribution in [0.1, 0.15) is 15.9 Å². The highest BCUT2D eigenvalue weighted by Crippen LogP contribution is 2.45. The molecule has 0 aliphatic carbocycles. The average molecular weight is 299 g/mol. The Labute approximate surface area is 123 Å². The number of rotatable bonds is 3. The summed E-state index contributed by atoms with van der Waals surface area (Å²) in [5.74, 6) is -4.03. The molecule has 2 rings (SSSR count). The predicted molar refractivity (Wildman–Crippen MR) is 73.7 cm³/mol. The quantitative estimate of drug-likeness (QED) is 0.506. The summed E-state index contributed by atoms with van der Waals surface area (Å²) in [6.45, 7) is 0. The zero-order chi connectivity index (χ0) is 16.3. The van der Waals surface area contributed by atoms with Gasteiger partial charge in [0.15, 0.2) is 11.5 Å². The highest BCUT2D eigenvalue weighted by Gasteiger charge is 2.21. The van der Waals surface area contributed by atoms with E-state index in [1.807, 2.05) is 6.07 Å². The van der Waals surface area contributed by atoms with E-state index in [4.69, 9.17) is 10.4 Å². The van der Waals surface area contributed by atoms with Gasteiger partial charge < -0.3 is 20.4 Å². The summed E-state index contributed by atoms with van der Waals surface area (Å²) in [4.78, 5) is 11.1. The van der Waals surface area contributed by atoms with E-state index in [2.05, 4.69) is 10.2 Å². The number of hydrogen-bond acceptors (Lipinski definition) is 7. The summed E-state index contributed by atoms with van der Waals surface area (Å²) in [7, 11) is 0. The van der Waals surface area contributed by atoms with Crippen molar-refractivity contribution in [3.05, 3.63) is 41.5 Å². The fraction of sp³-hybridized carbons (Fsp3) is 0. The molecular weight excluding hydrogens is 290 g/mol. The van der Waals surface area contributed by atoms with Gasteiger partial charge in [0.25, 0.3) is 0 Å². The highest BCUT2D eigenvalue weighted by atomic mass is 16.4. The van der Waals surface area contributed by atoms with E-state index >= 15 is 0 Å². The minimum atomic E-state index is -1.46. The molecule has 0 heterocycles. The number of carbonyl (C=O) groups is 1. The Morgan fingerprint density at radius 1 is 1.05 bits per heavy atom. The van der Waals surface area contributed by atoms with Gasteiger partial charge >= 0.3 is 5.97 Å². The third-order valence-electron chi connectivity index (χ3n) is 2.72. The van der Waals surface area contributed by atoms with E-state index in [0.29, 0.717) is 11.3 Å². The minimum absolute atomic E-state index is 0.308. The predicted octanol–water partition coefficient (Wildman–Crippen LogP) is 2.79. The second kappa shape index (κ2) is 5.80. The standard InChI is InChI=1S/C14H9N3O5/c15-6-7-1-3-8(4-2-7)16-17-11-9(14(21)22)5-10(18)12(19)13(11)20/h1-5,18-20H,(H,21,22)/b17-16+. The molecule has 22 heavy (non-hydrogen) atoms. The average Bonchev–Trinajstić information content (AvgIpc) is 2.51. The molecule has 0 bridgehead atoms. The molecule has 2 aromatic rings. The molecule has 2 aromatic carbocycles. The molecule has 8 heteroatoms. The molecule has 0 atom stereocenters. The maximum absolute atomic E-state index is 11.1. The maximum Gasteiger partial charge on any atom is 0.338 e. The molecule has 0 aliphatic rings. The summed E-state index contributed by atoms with van der Waals surface area (Å²) >= 11 is 0. The summed E-state index contributed by atoms with van der Waals surface area (Å²) in [5.41, 5.74) is -0.296. The van der Waals surface area contributed by atoms with Crippen LogP contribution in [-0.2, 0) is 0 Å². The van der Waals surface area contributed by atoms with Gasteiger partial charge in [0.05, 0.1) is 22.9 Å². The molecule has 0 unspecified atom stereocenters. The van der Waals surface area contributed by atoms with E-state index in [1.54, 1.807) is 0 Å². The van der Waals surface area contributed by atoms with Crippen molar-refractivity contribution in [1.29, 1.82) is 5.26 Å². The minimum Gasteiger partial charge on any atom is -0.504 e. The summed E-state index contributed by atoms with van der Waals surface area (Å²) in [6, 6.07) is 8.60. The van der Waals surface area contributed by atoms with Crippen LogP contribution in [0.3, 0.4) is 0 Å². The lowest BCUT2D eigenvalue weighted by Crippen LogP contribution is -1.96. The van der Waals surface area contributed by atoms with Gasteiger partial charge in [-0.1, -0.05) is 0 Å². The smallest absolute Gasteiger partial charge is 0.338 e. The van der Waals surface area contributed by atoms with Gasteiger partial charge in [-0.25, -0.2) is 4.79 Å². The van der Waals surface area contributed by atoms with Crippen LogP contribution in [0.15, 0.2) is 40.6 Å². The van der Waals surface area contributed by atoms with Gasteiger partial charge in [0.2, 0.25) is 5.75 Å². The summed E-state index contributed by atoms with van der Waals surface area (Å²) in [6.07, 6.45) is 0. The lowest BCUT2D eigenvalue weighted by Gasteiger charge is -2.06. The Morgan fingerprint density at radius 3 is 2.23 bits per heavy atom. The van der Waals surface area contributed by atoms with Crippen LogP contribution in [0, 0.1) is 11.3 Å².